The van der Waals surface area contributed by atoms with E-state index in [-0.39, 0.29) is 47.9 Å². The van der Waals surface area contributed by atoms with Crippen LogP contribution in [0.2, 0.25) is 0 Å². The van der Waals surface area contributed by atoms with Gasteiger partial charge >= 0.3 is 0 Å². The number of hydrogen-bond acceptors (Lipinski definition) is 5. The van der Waals surface area contributed by atoms with Gasteiger partial charge in [-0.3, -0.25) is 9.59 Å². The molecule has 0 saturated carbocycles. The van der Waals surface area contributed by atoms with Crippen molar-refractivity contribution in [2.75, 3.05) is 13.1 Å². The molecule has 0 aliphatic carbocycles. The Kier molecular flexibility index (Phi) is 16.5. The van der Waals surface area contributed by atoms with E-state index in [2.05, 4.69) is 31.4 Å². The van der Waals surface area contributed by atoms with Gasteiger partial charge in [0, 0.05) is 25.0 Å². The Morgan fingerprint density at radius 3 is 2.20 bits per heavy atom. The van der Waals surface area contributed by atoms with Gasteiger partial charge in [-0.15, -0.1) is 12.4 Å². The summed E-state index contributed by atoms with van der Waals surface area (Å²) in [5.74, 6) is 0.403. The zero-order valence-corrected chi connectivity index (χ0v) is 25.6. The van der Waals surface area contributed by atoms with Gasteiger partial charge in [-0.2, -0.15) is 0 Å². The van der Waals surface area contributed by atoms with Crippen LogP contribution in [0.5, 0.6) is 5.75 Å². The van der Waals surface area contributed by atoms with Crippen molar-refractivity contribution in [2.24, 2.45) is 29.4 Å². The average Bonchev–Trinajstić information content (AvgIpc) is 2.92. The fourth-order valence-corrected chi connectivity index (χ4v) is 4.57. The molecule has 4 unspecified atom stereocenters. The van der Waals surface area contributed by atoms with Gasteiger partial charge in [0.25, 0.3) is 5.91 Å². The number of nitrogens with one attached hydrogen (secondary N) is 2. The molecule has 0 radical (unpaired) electrons. The van der Waals surface area contributed by atoms with E-state index in [9.17, 15) is 14.7 Å². The van der Waals surface area contributed by atoms with Gasteiger partial charge < -0.3 is 26.2 Å². The number of rotatable bonds is 17. The number of ether oxygens (including phenoxy) is 1. The summed E-state index contributed by atoms with van der Waals surface area (Å²) >= 11 is 0. The molecule has 7 nitrogen and oxygen atoms in total. The molecule has 40 heavy (non-hydrogen) atoms. The minimum atomic E-state index is -0.807. The maximum atomic E-state index is 13.1. The first-order chi connectivity index (χ1) is 18.6. The van der Waals surface area contributed by atoms with Crippen LogP contribution >= 0.6 is 12.4 Å². The van der Waals surface area contributed by atoms with Gasteiger partial charge in [0.2, 0.25) is 5.91 Å². The quantitative estimate of drug-likeness (QED) is 0.190. The SMILES string of the molecule is CCCCNC(=O)C(CC(O)C(N)CC(CNC(=O)c1ccccc1OCc1ccccc1)C(C)C)C(C)C.Cl. The Hall–Kier alpha value is -2.61. The predicted octanol–water partition coefficient (Wildman–Crippen LogP) is 5.35. The Labute approximate surface area is 247 Å². The lowest BCUT2D eigenvalue weighted by atomic mass is 9.83. The van der Waals surface area contributed by atoms with Crippen LogP contribution in [0, 0.1) is 23.7 Å². The van der Waals surface area contributed by atoms with Crippen molar-refractivity contribution in [3.63, 3.8) is 0 Å². The predicted molar refractivity (Wildman–Crippen MR) is 165 cm³/mol. The Morgan fingerprint density at radius 1 is 0.925 bits per heavy atom. The minimum absolute atomic E-state index is 0. The van der Waals surface area contributed by atoms with Crippen LogP contribution in [-0.2, 0) is 11.4 Å². The van der Waals surface area contributed by atoms with Crippen molar-refractivity contribution in [3.8, 4) is 5.75 Å². The van der Waals surface area contributed by atoms with Crippen LogP contribution in [-0.4, -0.2) is 42.2 Å². The second kappa shape index (κ2) is 18.7. The summed E-state index contributed by atoms with van der Waals surface area (Å²) < 4.78 is 5.95. The number of benzene rings is 2. The standard InChI is InChI=1S/C32H49N3O4.ClH/c1-6-7-17-34-32(38)27(23(4)5)19-29(36)28(33)18-25(22(2)3)20-35-31(37)26-15-11-12-16-30(26)39-21-24-13-9-8-10-14-24;/h8-16,22-23,25,27-29,36H,6-7,17-21,33H2,1-5H3,(H,34,38)(H,35,37);1H. The lowest BCUT2D eigenvalue weighted by Gasteiger charge is -2.30. The number of hydrogen-bond donors (Lipinski definition) is 4. The van der Waals surface area contributed by atoms with Gasteiger partial charge in [0.15, 0.2) is 0 Å². The van der Waals surface area contributed by atoms with Crippen molar-refractivity contribution in [3.05, 3.63) is 65.7 Å². The highest BCUT2D eigenvalue weighted by molar-refractivity contribution is 5.96. The molecule has 0 spiro atoms. The summed E-state index contributed by atoms with van der Waals surface area (Å²) in [4.78, 5) is 25.8. The second-order valence-corrected chi connectivity index (χ2v) is 11.2. The Balaban J connectivity index is 0.00000800. The summed E-state index contributed by atoms with van der Waals surface area (Å²) in [7, 11) is 0. The number of unbranched alkanes of at least 4 members (excludes halogenated alkanes) is 1. The summed E-state index contributed by atoms with van der Waals surface area (Å²) in [5.41, 5.74) is 7.96. The molecule has 0 saturated heterocycles. The number of nitrogens with two attached hydrogens (primary N) is 1. The van der Waals surface area contributed by atoms with E-state index in [1.54, 1.807) is 12.1 Å². The summed E-state index contributed by atoms with van der Waals surface area (Å²) in [6.07, 6.45) is 2.00. The largest absolute Gasteiger partial charge is 0.488 e. The van der Waals surface area contributed by atoms with Crippen LogP contribution < -0.4 is 21.1 Å². The molecule has 8 heteroatoms. The highest BCUT2D eigenvalue weighted by Gasteiger charge is 2.29. The van der Waals surface area contributed by atoms with Crippen LogP contribution in [0.3, 0.4) is 0 Å². The lowest BCUT2D eigenvalue weighted by Crippen LogP contribution is -2.44. The molecular formula is C32H50ClN3O4. The minimum Gasteiger partial charge on any atom is -0.488 e. The number of amides is 2. The normalized spacial score (nSPS) is 14.1. The van der Waals surface area contributed by atoms with Gasteiger partial charge in [-0.1, -0.05) is 83.5 Å². The summed E-state index contributed by atoms with van der Waals surface area (Å²) in [5, 5.41) is 17.0. The molecule has 224 valence electrons. The van der Waals surface area contributed by atoms with Crippen molar-refractivity contribution in [1.82, 2.24) is 10.6 Å². The molecule has 0 fully saturated rings. The van der Waals surface area contributed by atoms with E-state index in [1.165, 1.54) is 0 Å². The summed E-state index contributed by atoms with van der Waals surface area (Å²) in [6, 6.07) is 16.6. The third-order valence-corrected chi connectivity index (χ3v) is 7.37. The van der Waals surface area contributed by atoms with Crippen molar-refractivity contribution >= 4 is 24.2 Å². The molecule has 0 aromatic heterocycles. The smallest absolute Gasteiger partial charge is 0.255 e. The topological polar surface area (TPSA) is 114 Å². The molecule has 2 aromatic rings. The third-order valence-electron chi connectivity index (χ3n) is 7.37. The zero-order chi connectivity index (χ0) is 28.8. The third kappa shape index (κ3) is 11.9. The second-order valence-electron chi connectivity index (χ2n) is 11.2. The van der Waals surface area contributed by atoms with Gasteiger partial charge in [0.05, 0.1) is 11.7 Å². The number of aliphatic hydroxyl groups is 1. The average molecular weight is 576 g/mol. The first kappa shape index (κ1) is 35.4. The number of aliphatic hydroxyl groups excluding tert-OH is 1. The molecule has 2 rings (SSSR count). The van der Waals surface area contributed by atoms with E-state index < -0.39 is 12.1 Å². The highest BCUT2D eigenvalue weighted by atomic mass is 35.5. The van der Waals surface area contributed by atoms with E-state index >= 15 is 0 Å². The number of carbonyl (C=O) groups is 2. The summed E-state index contributed by atoms with van der Waals surface area (Å²) in [6.45, 7) is 11.7. The highest BCUT2D eigenvalue weighted by Crippen LogP contribution is 2.24. The maximum absolute atomic E-state index is 13.1. The maximum Gasteiger partial charge on any atom is 0.255 e. The number of carbonyl (C=O) groups excluding carboxylic acids is 2. The van der Waals surface area contributed by atoms with Gasteiger partial charge in [-0.25, -0.2) is 0 Å². The number of para-hydroxylation sites is 1. The molecule has 5 N–H and O–H groups in total. The first-order valence-corrected chi connectivity index (χ1v) is 14.4. The van der Waals surface area contributed by atoms with Crippen LogP contribution in [0.15, 0.2) is 54.6 Å². The van der Waals surface area contributed by atoms with Crippen LogP contribution in [0.4, 0.5) is 0 Å². The van der Waals surface area contributed by atoms with Crippen molar-refractivity contribution in [1.29, 1.82) is 0 Å². The molecule has 0 heterocycles. The fraction of sp³-hybridized carbons (Fsp3) is 0.562. The lowest BCUT2D eigenvalue weighted by molar-refractivity contribution is -0.127. The van der Waals surface area contributed by atoms with E-state index in [4.69, 9.17) is 10.5 Å². The van der Waals surface area contributed by atoms with E-state index in [1.807, 2.05) is 56.3 Å². The van der Waals surface area contributed by atoms with Crippen molar-refractivity contribution < 1.29 is 19.4 Å². The van der Waals surface area contributed by atoms with Crippen molar-refractivity contribution in [2.45, 2.75) is 79.1 Å². The first-order valence-electron chi connectivity index (χ1n) is 14.4. The Morgan fingerprint density at radius 2 is 1.57 bits per heavy atom. The van der Waals surface area contributed by atoms with Crippen LogP contribution in [0.1, 0.15) is 76.2 Å². The fourth-order valence-electron chi connectivity index (χ4n) is 4.57. The van der Waals surface area contributed by atoms with E-state index in [0.717, 1.165) is 18.4 Å². The van der Waals surface area contributed by atoms with Gasteiger partial charge in [0.1, 0.15) is 12.4 Å². The molecule has 0 bridgehead atoms. The van der Waals surface area contributed by atoms with Crippen LogP contribution in [0.25, 0.3) is 0 Å². The molecule has 2 amide bonds. The molecule has 0 aliphatic rings. The Bertz CT molecular complexity index is 1000. The molecule has 2 aromatic carbocycles. The zero-order valence-electron chi connectivity index (χ0n) is 24.8. The molecular weight excluding hydrogens is 526 g/mol. The molecule has 0 aliphatic heterocycles. The van der Waals surface area contributed by atoms with Gasteiger partial charge in [-0.05, 0) is 54.7 Å². The van der Waals surface area contributed by atoms with E-state index in [0.29, 0.717) is 43.9 Å². The number of halogens is 1. The molecule has 4 atom stereocenters. The monoisotopic (exact) mass is 575 g/mol.